The van der Waals surface area contributed by atoms with Crippen LogP contribution in [0.4, 0.5) is 18.3 Å². The van der Waals surface area contributed by atoms with E-state index in [2.05, 4.69) is 27.0 Å². The van der Waals surface area contributed by atoms with Gasteiger partial charge in [-0.1, -0.05) is 19.8 Å². The maximum absolute atomic E-state index is 14.2. The Hall–Kier alpha value is -2.79. The number of thiazole rings is 1. The highest BCUT2D eigenvalue weighted by Gasteiger charge is 2.45. The molecule has 0 radical (unpaired) electrons. The average molecular weight is 545 g/mol. The summed E-state index contributed by atoms with van der Waals surface area (Å²) in [7, 11) is 1.92. The molecule has 4 heterocycles. The fourth-order valence-corrected chi connectivity index (χ4v) is 7.70. The zero-order valence-corrected chi connectivity index (χ0v) is 22.4. The molecule has 38 heavy (non-hydrogen) atoms. The van der Waals surface area contributed by atoms with Crippen molar-refractivity contribution in [3.05, 3.63) is 57.6 Å². The summed E-state index contributed by atoms with van der Waals surface area (Å²) in [5.74, 6) is 0.956. The molecule has 1 amide bonds. The van der Waals surface area contributed by atoms with E-state index in [-0.39, 0.29) is 23.1 Å². The molecule has 1 aliphatic carbocycles. The summed E-state index contributed by atoms with van der Waals surface area (Å²) in [6.45, 7) is 4.16. The van der Waals surface area contributed by atoms with Crippen LogP contribution in [0.25, 0.3) is 0 Å². The molecule has 7 nitrogen and oxygen atoms in total. The molecule has 1 saturated heterocycles. The van der Waals surface area contributed by atoms with Gasteiger partial charge in [0.2, 0.25) is 0 Å². The smallest absolute Gasteiger partial charge is 0.320 e. The molecular weight excluding hydrogens is 513 g/mol. The van der Waals surface area contributed by atoms with E-state index in [1.165, 1.54) is 22.3 Å². The zero-order valence-electron chi connectivity index (χ0n) is 21.6. The van der Waals surface area contributed by atoms with E-state index in [4.69, 9.17) is 0 Å². The third-order valence-corrected chi connectivity index (χ3v) is 9.57. The monoisotopic (exact) mass is 544 g/mol. The first-order chi connectivity index (χ1) is 18.2. The van der Waals surface area contributed by atoms with Crippen molar-refractivity contribution in [2.75, 3.05) is 18.0 Å². The molecule has 2 fully saturated rings. The molecule has 1 atom stereocenters. The number of carbonyl (C=O) groups excluding carboxylic acids is 1. The van der Waals surface area contributed by atoms with Crippen LogP contribution in [0.1, 0.15) is 83.2 Å². The molecule has 0 bridgehead atoms. The van der Waals surface area contributed by atoms with Crippen LogP contribution in [0.15, 0.2) is 24.7 Å². The van der Waals surface area contributed by atoms with Gasteiger partial charge in [0, 0.05) is 36.8 Å². The van der Waals surface area contributed by atoms with Crippen LogP contribution in [0.3, 0.4) is 0 Å². The quantitative estimate of drug-likeness (QED) is 0.422. The first-order valence-electron chi connectivity index (χ1n) is 13.2. The third kappa shape index (κ3) is 4.33. The molecule has 202 valence electrons. The Bertz CT molecular complexity index is 1360. The first kappa shape index (κ1) is 25.5. The van der Waals surface area contributed by atoms with Gasteiger partial charge in [0.1, 0.15) is 12.2 Å². The van der Waals surface area contributed by atoms with Crippen LogP contribution in [-0.2, 0) is 31.7 Å². The number of hydrogen-bond acceptors (Lipinski definition) is 6. The van der Waals surface area contributed by atoms with Crippen molar-refractivity contribution in [1.82, 2.24) is 24.6 Å². The van der Waals surface area contributed by atoms with Gasteiger partial charge >= 0.3 is 6.18 Å². The predicted octanol–water partition coefficient (Wildman–Crippen LogP) is 5.54. The third-order valence-electron chi connectivity index (χ3n) is 8.35. The number of hydrogen-bond donors (Lipinski definition) is 0. The number of benzene rings is 1. The number of nitrogens with zero attached hydrogens (tertiary/aromatic N) is 6. The maximum Gasteiger partial charge on any atom is 0.416 e. The molecular formula is C27H31F3N6OS. The Kier molecular flexibility index (Phi) is 6.33. The van der Waals surface area contributed by atoms with Crippen LogP contribution in [0.2, 0.25) is 0 Å². The molecule has 1 saturated carbocycles. The molecule has 0 unspecified atom stereocenters. The lowest BCUT2D eigenvalue weighted by molar-refractivity contribution is -0.138. The Morgan fingerprint density at radius 1 is 1.18 bits per heavy atom. The normalized spacial score (nSPS) is 21.9. The Morgan fingerprint density at radius 3 is 2.66 bits per heavy atom. The Morgan fingerprint density at radius 2 is 1.97 bits per heavy atom. The second-order valence-electron chi connectivity index (χ2n) is 11.1. The number of halogens is 3. The van der Waals surface area contributed by atoms with E-state index in [1.807, 2.05) is 11.6 Å². The molecule has 0 spiro atoms. The summed E-state index contributed by atoms with van der Waals surface area (Å²) in [6, 6.07) is 2.91. The van der Waals surface area contributed by atoms with Gasteiger partial charge in [0.25, 0.3) is 5.91 Å². The largest absolute Gasteiger partial charge is 0.416 e. The van der Waals surface area contributed by atoms with Crippen LogP contribution in [0.5, 0.6) is 0 Å². The summed E-state index contributed by atoms with van der Waals surface area (Å²) in [5.41, 5.74) is -0.340. The van der Waals surface area contributed by atoms with Crippen molar-refractivity contribution in [2.45, 2.75) is 70.1 Å². The maximum atomic E-state index is 14.2. The molecule has 6 rings (SSSR count). The summed E-state index contributed by atoms with van der Waals surface area (Å²) in [6.07, 6.45) is 4.95. The molecule has 2 aliphatic heterocycles. The number of piperidine rings is 1. The summed E-state index contributed by atoms with van der Waals surface area (Å²) >= 11 is 1.38. The first-order valence-corrected chi connectivity index (χ1v) is 14.1. The van der Waals surface area contributed by atoms with E-state index >= 15 is 0 Å². The highest BCUT2D eigenvalue weighted by molar-refractivity contribution is 7.16. The predicted molar refractivity (Wildman–Crippen MR) is 138 cm³/mol. The van der Waals surface area contributed by atoms with E-state index < -0.39 is 17.6 Å². The number of rotatable bonds is 5. The highest BCUT2D eigenvalue weighted by atomic mass is 32.1. The standard InChI is InChI=1S/C27H31F3N6OS/c1-17-6-5-9-35(13-17)14-18-10-19-20(21(11-18)27(28,29)30)15-36(23(19)37)25-31-12-22(38-25)26(7-3-4-8-26)24-33-32-16-34(24)2/h10-12,16-17H,3-9,13-15H2,1-2H3/t17-/m0/s1. The molecule has 3 aromatic rings. The van der Waals surface area contributed by atoms with Gasteiger partial charge in [-0.15, -0.1) is 21.5 Å². The van der Waals surface area contributed by atoms with Gasteiger partial charge in [-0.25, -0.2) is 4.98 Å². The lowest BCUT2D eigenvalue weighted by atomic mass is 9.84. The van der Waals surface area contributed by atoms with E-state index in [1.54, 1.807) is 18.6 Å². The molecule has 11 heteroatoms. The molecule has 0 N–H and O–H groups in total. The number of carbonyl (C=O) groups is 1. The topological polar surface area (TPSA) is 67.2 Å². The van der Waals surface area contributed by atoms with E-state index in [0.29, 0.717) is 23.2 Å². The summed E-state index contributed by atoms with van der Waals surface area (Å²) in [5, 5.41) is 8.88. The minimum Gasteiger partial charge on any atom is -0.320 e. The van der Waals surface area contributed by atoms with Crippen molar-refractivity contribution in [3.8, 4) is 0 Å². The lowest BCUT2D eigenvalue weighted by Crippen LogP contribution is -2.33. The second kappa shape index (κ2) is 9.44. The van der Waals surface area contributed by atoms with Gasteiger partial charge < -0.3 is 4.57 Å². The van der Waals surface area contributed by atoms with Crippen molar-refractivity contribution in [1.29, 1.82) is 0 Å². The fraction of sp³-hybridized carbons (Fsp3) is 0.556. The minimum absolute atomic E-state index is 0.0406. The van der Waals surface area contributed by atoms with Gasteiger partial charge in [0.05, 0.1) is 17.5 Å². The number of alkyl halides is 3. The van der Waals surface area contributed by atoms with Gasteiger partial charge in [-0.2, -0.15) is 13.2 Å². The fourth-order valence-electron chi connectivity index (χ4n) is 6.54. The summed E-state index contributed by atoms with van der Waals surface area (Å²) < 4.78 is 44.5. The van der Waals surface area contributed by atoms with Gasteiger partial charge in [-0.05, 0) is 61.4 Å². The minimum atomic E-state index is -4.54. The Balaban J connectivity index is 1.33. The van der Waals surface area contributed by atoms with Crippen molar-refractivity contribution in [3.63, 3.8) is 0 Å². The molecule has 1 aromatic carbocycles. The number of aryl methyl sites for hydroxylation is 1. The van der Waals surface area contributed by atoms with Crippen molar-refractivity contribution >= 4 is 22.4 Å². The van der Waals surface area contributed by atoms with Gasteiger partial charge in [0.15, 0.2) is 5.13 Å². The molecule has 3 aliphatic rings. The number of anilines is 1. The van der Waals surface area contributed by atoms with Crippen LogP contribution < -0.4 is 4.90 Å². The second-order valence-corrected chi connectivity index (χ2v) is 12.1. The number of fused-ring (bicyclic) bond motifs is 1. The van der Waals surface area contributed by atoms with Crippen LogP contribution >= 0.6 is 11.3 Å². The number of aromatic nitrogens is 4. The van der Waals surface area contributed by atoms with Crippen LogP contribution in [-0.4, -0.2) is 43.6 Å². The summed E-state index contributed by atoms with van der Waals surface area (Å²) in [4.78, 5) is 22.7. The number of amides is 1. The van der Waals surface area contributed by atoms with Crippen molar-refractivity contribution < 1.29 is 18.0 Å². The SMILES string of the molecule is C[C@H]1CCCN(Cc2cc3c(c(C(F)(F)F)c2)CN(c2ncc(C4(c5nncn5C)CCCC4)s2)C3=O)C1. The van der Waals surface area contributed by atoms with E-state index in [9.17, 15) is 18.0 Å². The van der Waals surface area contributed by atoms with Crippen molar-refractivity contribution in [2.24, 2.45) is 13.0 Å². The highest BCUT2D eigenvalue weighted by Crippen LogP contribution is 2.49. The van der Waals surface area contributed by atoms with Crippen LogP contribution in [0, 0.1) is 5.92 Å². The lowest BCUT2D eigenvalue weighted by Gasteiger charge is -2.31. The van der Waals surface area contributed by atoms with Gasteiger partial charge in [-0.3, -0.25) is 14.6 Å². The van der Waals surface area contributed by atoms with E-state index in [0.717, 1.165) is 62.3 Å². The number of likely N-dealkylation sites (tertiary alicyclic amines) is 1. The Labute approximate surface area is 223 Å². The zero-order chi connectivity index (χ0) is 26.7. The molecule has 2 aromatic heterocycles. The average Bonchev–Trinajstić information content (AvgIpc) is 3.65.